The van der Waals surface area contributed by atoms with Gasteiger partial charge in [-0.2, -0.15) is 10.1 Å². The number of hydrogen-bond acceptors (Lipinski definition) is 6. The molecule has 0 aliphatic heterocycles. The number of carbonyl (C=O) groups is 1. The Labute approximate surface area is 154 Å². The van der Waals surface area contributed by atoms with Crippen molar-refractivity contribution in [2.75, 3.05) is 11.1 Å². The van der Waals surface area contributed by atoms with Crippen molar-refractivity contribution >= 4 is 23.2 Å². The zero-order chi connectivity index (χ0) is 19.0. The van der Waals surface area contributed by atoms with Crippen LogP contribution in [-0.2, 0) is 7.05 Å². The third-order valence-corrected chi connectivity index (χ3v) is 3.88. The molecule has 1 aromatic carbocycles. The van der Waals surface area contributed by atoms with Crippen LogP contribution in [0, 0.1) is 6.92 Å². The molecule has 4 aromatic rings. The smallest absolute Gasteiger partial charge is 0.273 e. The van der Waals surface area contributed by atoms with Gasteiger partial charge in [-0.25, -0.2) is 4.52 Å². The van der Waals surface area contributed by atoms with E-state index in [1.807, 2.05) is 6.92 Å². The molecule has 0 atom stereocenters. The van der Waals surface area contributed by atoms with Gasteiger partial charge >= 0.3 is 0 Å². The van der Waals surface area contributed by atoms with E-state index in [-0.39, 0.29) is 11.9 Å². The van der Waals surface area contributed by atoms with E-state index in [4.69, 9.17) is 10.5 Å². The largest absolute Gasteiger partial charge is 0.456 e. The lowest BCUT2D eigenvalue weighted by molar-refractivity contribution is 0.101. The van der Waals surface area contributed by atoms with Crippen molar-refractivity contribution < 1.29 is 9.53 Å². The molecule has 0 aliphatic rings. The molecule has 136 valence electrons. The zero-order valence-corrected chi connectivity index (χ0v) is 14.7. The Morgan fingerprint density at radius 2 is 2.00 bits per heavy atom. The van der Waals surface area contributed by atoms with Crippen LogP contribution in [0.25, 0.3) is 5.65 Å². The van der Waals surface area contributed by atoms with Crippen molar-refractivity contribution in [3.63, 3.8) is 0 Å². The Morgan fingerprint density at radius 1 is 1.15 bits per heavy atom. The number of benzene rings is 1. The van der Waals surface area contributed by atoms with Crippen LogP contribution >= 0.6 is 0 Å². The van der Waals surface area contributed by atoms with E-state index in [0.29, 0.717) is 28.5 Å². The SMILES string of the molecule is Cc1cc(C(=O)Nc2cccc(Oc3ccc4nc(N)nn4c3)c2)n(C)n1. The molecule has 4 rings (SSSR count). The van der Waals surface area contributed by atoms with Gasteiger partial charge in [0.05, 0.1) is 11.9 Å². The molecule has 9 heteroatoms. The van der Waals surface area contributed by atoms with E-state index in [0.717, 1.165) is 5.69 Å². The van der Waals surface area contributed by atoms with Gasteiger partial charge < -0.3 is 15.8 Å². The molecule has 0 saturated heterocycles. The van der Waals surface area contributed by atoms with Gasteiger partial charge in [-0.3, -0.25) is 9.48 Å². The summed E-state index contributed by atoms with van der Waals surface area (Å²) < 4.78 is 8.94. The average molecular weight is 363 g/mol. The third-order valence-electron chi connectivity index (χ3n) is 3.88. The fourth-order valence-electron chi connectivity index (χ4n) is 2.73. The number of nitrogens with zero attached hydrogens (tertiary/aromatic N) is 5. The highest BCUT2D eigenvalue weighted by Gasteiger charge is 2.12. The fourth-order valence-corrected chi connectivity index (χ4v) is 2.73. The molecule has 0 aliphatic carbocycles. The number of fused-ring (bicyclic) bond motifs is 1. The molecular formula is C18H17N7O2. The highest BCUT2D eigenvalue weighted by Crippen LogP contribution is 2.24. The molecule has 9 nitrogen and oxygen atoms in total. The second kappa shape index (κ2) is 6.45. The third kappa shape index (κ3) is 3.43. The van der Waals surface area contributed by atoms with Crippen molar-refractivity contribution in [3.05, 3.63) is 60.0 Å². The standard InChI is InChI=1S/C18H17N7O2/c1-11-8-15(24(2)22-11)17(26)20-12-4-3-5-13(9-12)27-14-6-7-16-21-18(19)23-25(16)10-14/h3-10H,1-2H3,(H2,19,23)(H,20,26). The van der Waals surface area contributed by atoms with Crippen molar-refractivity contribution in [3.8, 4) is 11.5 Å². The lowest BCUT2D eigenvalue weighted by Gasteiger charge is -2.09. The van der Waals surface area contributed by atoms with Gasteiger partial charge in [-0.15, -0.1) is 5.10 Å². The van der Waals surface area contributed by atoms with Crippen LogP contribution in [0.2, 0.25) is 0 Å². The monoisotopic (exact) mass is 363 g/mol. The summed E-state index contributed by atoms with van der Waals surface area (Å²) in [5.41, 5.74) is 8.10. The molecule has 0 bridgehead atoms. The summed E-state index contributed by atoms with van der Waals surface area (Å²) in [5.74, 6) is 1.09. The maximum atomic E-state index is 12.4. The summed E-state index contributed by atoms with van der Waals surface area (Å²) in [4.78, 5) is 16.5. The van der Waals surface area contributed by atoms with Crippen molar-refractivity contribution in [1.82, 2.24) is 24.4 Å². The van der Waals surface area contributed by atoms with E-state index in [1.165, 1.54) is 0 Å². The number of hydrogen-bond donors (Lipinski definition) is 2. The van der Waals surface area contributed by atoms with Crippen molar-refractivity contribution in [1.29, 1.82) is 0 Å². The molecule has 1 amide bonds. The first-order valence-corrected chi connectivity index (χ1v) is 8.20. The molecule has 0 unspecified atom stereocenters. The highest BCUT2D eigenvalue weighted by molar-refractivity contribution is 6.03. The van der Waals surface area contributed by atoms with Crippen LogP contribution in [0.4, 0.5) is 11.6 Å². The van der Waals surface area contributed by atoms with E-state index >= 15 is 0 Å². The Balaban J connectivity index is 1.53. The Bertz CT molecular complexity index is 1150. The molecule has 27 heavy (non-hydrogen) atoms. The maximum Gasteiger partial charge on any atom is 0.273 e. The molecule has 0 saturated carbocycles. The van der Waals surface area contributed by atoms with Crippen LogP contribution < -0.4 is 15.8 Å². The molecule has 0 radical (unpaired) electrons. The van der Waals surface area contributed by atoms with Gasteiger partial charge in [-0.05, 0) is 37.3 Å². The number of ether oxygens (including phenoxy) is 1. The molecule has 0 fully saturated rings. The van der Waals surface area contributed by atoms with E-state index in [2.05, 4.69) is 20.5 Å². The minimum absolute atomic E-state index is 0.197. The highest BCUT2D eigenvalue weighted by atomic mass is 16.5. The molecule has 3 N–H and O–H groups in total. The number of nitrogens with one attached hydrogen (secondary N) is 1. The lowest BCUT2D eigenvalue weighted by Crippen LogP contribution is -2.16. The summed E-state index contributed by atoms with van der Waals surface area (Å²) in [6.07, 6.45) is 1.68. The summed E-state index contributed by atoms with van der Waals surface area (Å²) in [6.45, 7) is 1.84. The fraction of sp³-hybridized carbons (Fsp3) is 0.111. The number of rotatable bonds is 4. The second-order valence-corrected chi connectivity index (χ2v) is 6.02. The quantitative estimate of drug-likeness (QED) is 0.576. The Kier molecular flexibility index (Phi) is 3.96. The number of nitrogens with two attached hydrogens (primary N) is 1. The van der Waals surface area contributed by atoms with Crippen LogP contribution in [0.1, 0.15) is 16.2 Å². The van der Waals surface area contributed by atoms with Crippen molar-refractivity contribution in [2.24, 2.45) is 7.05 Å². The Morgan fingerprint density at radius 3 is 2.78 bits per heavy atom. The molecule has 3 aromatic heterocycles. The first-order chi connectivity index (χ1) is 13.0. The summed E-state index contributed by atoms with van der Waals surface area (Å²) in [6, 6.07) is 12.4. The first-order valence-electron chi connectivity index (χ1n) is 8.20. The van der Waals surface area contributed by atoms with E-state index in [1.54, 1.807) is 64.9 Å². The predicted molar refractivity (Wildman–Crippen MR) is 99.8 cm³/mol. The number of pyridine rings is 1. The minimum Gasteiger partial charge on any atom is -0.456 e. The molecule has 0 spiro atoms. The zero-order valence-electron chi connectivity index (χ0n) is 14.7. The van der Waals surface area contributed by atoms with Gasteiger partial charge in [0.15, 0.2) is 5.65 Å². The van der Waals surface area contributed by atoms with Gasteiger partial charge in [0.2, 0.25) is 5.95 Å². The maximum absolute atomic E-state index is 12.4. The topological polar surface area (TPSA) is 112 Å². The van der Waals surface area contributed by atoms with Gasteiger partial charge in [0, 0.05) is 18.8 Å². The molecular weight excluding hydrogens is 346 g/mol. The first kappa shape index (κ1) is 16.6. The predicted octanol–water partition coefficient (Wildman–Crippen LogP) is 2.40. The lowest BCUT2D eigenvalue weighted by atomic mass is 10.2. The summed E-state index contributed by atoms with van der Waals surface area (Å²) in [7, 11) is 1.73. The van der Waals surface area contributed by atoms with Crippen LogP contribution in [0.3, 0.4) is 0 Å². The number of anilines is 2. The van der Waals surface area contributed by atoms with Gasteiger partial charge in [-0.1, -0.05) is 6.07 Å². The summed E-state index contributed by atoms with van der Waals surface area (Å²) in [5, 5.41) is 11.1. The number of nitrogen functional groups attached to an aromatic ring is 1. The van der Waals surface area contributed by atoms with Crippen LogP contribution in [0.5, 0.6) is 11.5 Å². The van der Waals surface area contributed by atoms with E-state index in [9.17, 15) is 4.79 Å². The van der Waals surface area contributed by atoms with Gasteiger partial charge in [0.25, 0.3) is 5.91 Å². The second-order valence-electron chi connectivity index (χ2n) is 6.02. The minimum atomic E-state index is -0.241. The normalized spacial score (nSPS) is 10.9. The number of carbonyl (C=O) groups excluding carboxylic acids is 1. The van der Waals surface area contributed by atoms with Crippen LogP contribution in [0.15, 0.2) is 48.7 Å². The van der Waals surface area contributed by atoms with Crippen molar-refractivity contribution in [2.45, 2.75) is 6.92 Å². The van der Waals surface area contributed by atoms with E-state index < -0.39 is 0 Å². The Hall–Kier alpha value is -3.88. The molecule has 3 heterocycles. The number of aryl methyl sites for hydroxylation is 2. The summed E-state index contributed by atoms with van der Waals surface area (Å²) >= 11 is 0. The number of aromatic nitrogens is 5. The number of amides is 1. The average Bonchev–Trinajstić information content (AvgIpc) is 3.15. The van der Waals surface area contributed by atoms with Gasteiger partial charge in [0.1, 0.15) is 17.2 Å². The van der Waals surface area contributed by atoms with Crippen LogP contribution in [-0.4, -0.2) is 30.3 Å².